The highest BCUT2D eigenvalue weighted by Crippen LogP contribution is 2.37. The van der Waals surface area contributed by atoms with E-state index in [0.717, 1.165) is 25.4 Å². The molecule has 0 amide bonds. The molecule has 1 saturated heterocycles. The highest BCUT2D eigenvalue weighted by Gasteiger charge is 2.39. The molecule has 1 spiro atoms. The largest absolute Gasteiger partial charge is 0.497 e. The number of hydrogen-bond acceptors (Lipinski definition) is 3. The lowest BCUT2D eigenvalue weighted by Crippen LogP contribution is -2.62. The Hall–Kier alpha value is -1.22. The lowest BCUT2D eigenvalue weighted by atomic mass is 9.78. The van der Waals surface area contributed by atoms with Crippen LogP contribution in [0.15, 0.2) is 24.3 Å². The Morgan fingerprint density at radius 1 is 1.11 bits per heavy atom. The van der Waals surface area contributed by atoms with Crippen LogP contribution >= 0.6 is 0 Å². The van der Waals surface area contributed by atoms with Crippen LogP contribution in [0, 0.1) is 0 Å². The zero-order valence-corrected chi connectivity index (χ0v) is 11.8. The lowest BCUT2D eigenvalue weighted by Gasteiger charge is -2.51. The number of methoxy groups -OCH3 is 1. The first-order valence-electron chi connectivity index (χ1n) is 7.46. The Morgan fingerprint density at radius 2 is 1.84 bits per heavy atom. The molecule has 0 unspecified atom stereocenters. The van der Waals surface area contributed by atoms with Gasteiger partial charge < -0.3 is 15.0 Å². The Bertz CT molecular complexity index is 401. The molecular formula is C16H24N2O. The SMILES string of the molecule is COc1ccc(N2CCNCC23CCCCC3)cc1. The Labute approximate surface area is 115 Å². The van der Waals surface area contributed by atoms with Gasteiger partial charge in [0.05, 0.1) is 12.6 Å². The molecule has 0 atom stereocenters. The maximum absolute atomic E-state index is 5.26. The molecular weight excluding hydrogens is 236 g/mol. The van der Waals surface area contributed by atoms with Crippen LogP contribution in [-0.2, 0) is 0 Å². The second-order valence-electron chi connectivity index (χ2n) is 5.81. The normalized spacial score (nSPS) is 22.5. The number of anilines is 1. The van der Waals surface area contributed by atoms with Gasteiger partial charge in [-0.2, -0.15) is 0 Å². The van der Waals surface area contributed by atoms with E-state index in [0.29, 0.717) is 5.54 Å². The van der Waals surface area contributed by atoms with Gasteiger partial charge in [-0.15, -0.1) is 0 Å². The van der Waals surface area contributed by atoms with Crippen molar-refractivity contribution in [3.05, 3.63) is 24.3 Å². The van der Waals surface area contributed by atoms with Gasteiger partial charge in [0.25, 0.3) is 0 Å². The minimum Gasteiger partial charge on any atom is -0.497 e. The third kappa shape index (κ3) is 2.44. The van der Waals surface area contributed by atoms with Gasteiger partial charge >= 0.3 is 0 Å². The predicted molar refractivity (Wildman–Crippen MR) is 79.0 cm³/mol. The van der Waals surface area contributed by atoms with Crippen LogP contribution in [0.5, 0.6) is 5.75 Å². The monoisotopic (exact) mass is 260 g/mol. The van der Waals surface area contributed by atoms with Gasteiger partial charge in [0.1, 0.15) is 5.75 Å². The van der Waals surface area contributed by atoms with Crippen molar-refractivity contribution in [3.63, 3.8) is 0 Å². The van der Waals surface area contributed by atoms with E-state index in [4.69, 9.17) is 4.74 Å². The first kappa shape index (κ1) is 12.8. The number of rotatable bonds is 2. The van der Waals surface area contributed by atoms with Crippen molar-refractivity contribution in [2.24, 2.45) is 0 Å². The van der Waals surface area contributed by atoms with E-state index in [1.54, 1.807) is 7.11 Å². The molecule has 3 nitrogen and oxygen atoms in total. The smallest absolute Gasteiger partial charge is 0.119 e. The summed E-state index contributed by atoms with van der Waals surface area (Å²) in [5.74, 6) is 0.941. The molecule has 1 heterocycles. The fraction of sp³-hybridized carbons (Fsp3) is 0.625. The molecule has 2 fully saturated rings. The maximum Gasteiger partial charge on any atom is 0.119 e. The van der Waals surface area contributed by atoms with E-state index in [-0.39, 0.29) is 0 Å². The summed E-state index contributed by atoms with van der Waals surface area (Å²) in [6.07, 6.45) is 6.79. The van der Waals surface area contributed by atoms with Crippen LogP contribution in [0.3, 0.4) is 0 Å². The number of ether oxygens (including phenoxy) is 1. The predicted octanol–water partition coefficient (Wildman–Crippen LogP) is 2.81. The number of hydrogen-bond donors (Lipinski definition) is 1. The van der Waals surface area contributed by atoms with Crippen LogP contribution in [0.2, 0.25) is 0 Å². The molecule has 1 aliphatic heterocycles. The zero-order valence-electron chi connectivity index (χ0n) is 11.8. The summed E-state index contributed by atoms with van der Waals surface area (Å²) in [6.45, 7) is 3.35. The number of nitrogens with zero attached hydrogens (tertiary/aromatic N) is 1. The molecule has 19 heavy (non-hydrogen) atoms. The summed E-state index contributed by atoms with van der Waals surface area (Å²) >= 11 is 0. The van der Waals surface area contributed by atoms with Crippen LogP contribution in [0.25, 0.3) is 0 Å². The van der Waals surface area contributed by atoms with Crippen molar-refractivity contribution < 1.29 is 4.74 Å². The van der Waals surface area contributed by atoms with E-state index in [2.05, 4.69) is 34.5 Å². The molecule has 3 heteroatoms. The molecule has 3 rings (SSSR count). The van der Waals surface area contributed by atoms with Gasteiger partial charge in [0.15, 0.2) is 0 Å². The molecule has 1 aliphatic carbocycles. The molecule has 104 valence electrons. The van der Waals surface area contributed by atoms with Crippen molar-refractivity contribution >= 4 is 5.69 Å². The Balaban J connectivity index is 1.86. The number of benzene rings is 1. The van der Waals surface area contributed by atoms with Crippen LogP contribution in [0.4, 0.5) is 5.69 Å². The van der Waals surface area contributed by atoms with E-state index >= 15 is 0 Å². The zero-order chi connectivity index (χ0) is 13.1. The van der Waals surface area contributed by atoms with Crippen molar-refractivity contribution in [3.8, 4) is 5.75 Å². The summed E-state index contributed by atoms with van der Waals surface area (Å²) in [6, 6.07) is 8.57. The molecule has 1 saturated carbocycles. The van der Waals surface area contributed by atoms with E-state index in [1.165, 1.54) is 37.8 Å². The average Bonchev–Trinajstić information content (AvgIpc) is 2.49. The first-order chi connectivity index (χ1) is 9.34. The van der Waals surface area contributed by atoms with Crippen LogP contribution in [-0.4, -0.2) is 32.3 Å². The quantitative estimate of drug-likeness (QED) is 0.885. The average molecular weight is 260 g/mol. The van der Waals surface area contributed by atoms with Crippen molar-refractivity contribution in [1.82, 2.24) is 5.32 Å². The maximum atomic E-state index is 5.26. The second kappa shape index (κ2) is 5.41. The summed E-state index contributed by atoms with van der Waals surface area (Å²) in [5, 5.41) is 3.60. The van der Waals surface area contributed by atoms with Crippen LogP contribution < -0.4 is 15.0 Å². The van der Waals surface area contributed by atoms with E-state index < -0.39 is 0 Å². The Morgan fingerprint density at radius 3 is 2.53 bits per heavy atom. The highest BCUT2D eigenvalue weighted by atomic mass is 16.5. The summed E-state index contributed by atoms with van der Waals surface area (Å²) in [4.78, 5) is 2.64. The molecule has 1 aromatic rings. The fourth-order valence-electron chi connectivity index (χ4n) is 3.67. The molecule has 0 radical (unpaired) electrons. The van der Waals surface area contributed by atoms with Gasteiger partial charge in [-0.05, 0) is 37.1 Å². The van der Waals surface area contributed by atoms with Crippen molar-refractivity contribution in [2.45, 2.75) is 37.6 Å². The Kier molecular flexibility index (Phi) is 3.65. The van der Waals surface area contributed by atoms with Gasteiger partial charge in [-0.25, -0.2) is 0 Å². The fourth-order valence-corrected chi connectivity index (χ4v) is 3.67. The molecule has 1 aromatic carbocycles. The topological polar surface area (TPSA) is 24.5 Å². The first-order valence-corrected chi connectivity index (χ1v) is 7.46. The van der Waals surface area contributed by atoms with Crippen LogP contribution in [0.1, 0.15) is 32.1 Å². The van der Waals surface area contributed by atoms with Gasteiger partial charge in [0.2, 0.25) is 0 Å². The standard InChI is InChI=1S/C16H24N2O/c1-19-15-7-5-14(6-8-15)18-12-11-17-13-16(18)9-3-2-4-10-16/h5-8,17H,2-4,9-13H2,1H3. The molecule has 2 aliphatic rings. The minimum atomic E-state index is 0.352. The van der Waals surface area contributed by atoms with Gasteiger partial charge in [0, 0.05) is 25.3 Å². The minimum absolute atomic E-state index is 0.352. The van der Waals surface area contributed by atoms with Crippen molar-refractivity contribution in [2.75, 3.05) is 31.6 Å². The summed E-state index contributed by atoms with van der Waals surface area (Å²) in [7, 11) is 1.72. The highest BCUT2D eigenvalue weighted by molar-refractivity contribution is 5.52. The molecule has 0 bridgehead atoms. The van der Waals surface area contributed by atoms with E-state index in [1.807, 2.05) is 0 Å². The lowest BCUT2D eigenvalue weighted by molar-refractivity contribution is 0.241. The summed E-state index contributed by atoms with van der Waals surface area (Å²) < 4.78 is 5.26. The summed E-state index contributed by atoms with van der Waals surface area (Å²) in [5.41, 5.74) is 1.70. The number of piperazine rings is 1. The van der Waals surface area contributed by atoms with Gasteiger partial charge in [-0.3, -0.25) is 0 Å². The van der Waals surface area contributed by atoms with Gasteiger partial charge in [-0.1, -0.05) is 19.3 Å². The van der Waals surface area contributed by atoms with E-state index in [9.17, 15) is 0 Å². The second-order valence-corrected chi connectivity index (χ2v) is 5.81. The third-order valence-electron chi connectivity index (χ3n) is 4.71. The molecule has 1 N–H and O–H groups in total. The third-order valence-corrected chi connectivity index (χ3v) is 4.71. The van der Waals surface area contributed by atoms with Crippen molar-refractivity contribution in [1.29, 1.82) is 0 Å². The number of nitrogens with one attached hydrogen (secondary N) is 1. The molecule has 0 aromatic heterocycles.